The van der Waals surface area contributed by atoms with Crippen LogP contribution in [-0.4, -0.2) is 49.7 Å². The van der Waals surface area contributed by atoms with Crippen LogP contribution in [0.3, 0.4) is 0 Å². The first-order chi connectivity index (χ1) is 7.66. The van der Waals surface area contributed by atoms with E-state index in [4.69, 9.17) is 4.74 Å². The molecule has 17 heavy (non-hydrogen) atoms. The molecule has 0 spiro atoms. The van der Waals surface area contributed by atoms with Crippen molar-refractivity contribution in [1.82, 2.24) is 10.2 Å². The highest BCUT2D eigenvalue weighted by Gasteiger charge is 2.26. The maximum Gasteiger partial charge on any atom is 0.251 e. The Bertz CT molecular complexity index is 221. The molecule has 0 bridgehead atoms. The number of halogens is 1. The molecule has 102 valence electrons. The van der Waals surface area contributed by atoms with Crippen LogP contribution in [0.15, 0.2) is 0 Å². The van der Waals surface area contributed by atoms with Gasteiger partial charge in [0.05, 0.1) is 0 Å². The van der Waals surface area contributed by atoms with Gasteiger partial charge in [0.15, 0.2) is 0 Å². The summed E-state index contributed by atoms with van der Waals surface area (Å²) < 4.78 is 5.51. The molecule has 1 fully saturated rings. The van der Waals surface area contributed by atoms with Gasteiger partial charge in [0.2, 0.25) is 0 Å². The topological polar surface area (TPSA) is 41.6 Å². The maximum absolute atomic E-state index is 12.0. The second-order valence-corrected chi connectivity index (χ2v) is 4.46. The van der Waals surface area contributed by atoms with Crippen LogP contribution in [0.25, 0.3) is 0 Å². The molecule has 0 aromatic rings. The van der Waals surface area contributed by atoms with Gasteiger partial charge < -0.3 is 15.0 Å². The smallest absolute Gasteiger partial charge is 0.251 e. The summed E-state index contributed by atoms with van der Waals surface area (Å²) in [6.45, 7) is 6.56. The molecule has 1 heterocycles. The number of unbranched alkanes of at least 4 members (excludes halogenated alkanes) is 1. The van der Waals surface area contributed by atoms with Gasteiger partial charge in [0.25, 0.3) is 5.91 Å². The highest BCUT2D eigenvalue weighted by atomic mass is 35.5. The van der Waals surface area contributed by atoms with Crippen LogP contribution in [0.1, 0.15) is 33.1 Å². The number of nitrogens with zero attached hydrogens (tertiary/aromatic N) is 1. The summed E-state index contributed by atoms with van der Waals surface area (Å²) in [5.74, 6) is 0.102. The van der Waals surface area contributed by atoms with Crippen LogP contribution >= 0.6 is 12.4 Å². The van der Waals surface area contributed by atoms with E-state index in [1.54, 1.807) is 0 Å². The van der Waals surface area contributed by atoms with Gasteiger partial charge in [-0.15, -0.1) is 12.4 Å². The molecule has 1 rings (SSSR count). The van der Waals surface area contributed by atoms with Crippen molar-refractivity contribution in [2.45, 2.75) is 45.3 Å². The third kappa shape index (κ3) is 5.23. The molecular formula is C12H25ClN2O2. The zero-order valence-corrected chi connectivity index (χ0v) is 11.9. The van der Waals surface area contributed by atoms with E-state index in [9.17, 15) is 4.79 Å². The first-order valence-corrected chi connectivity index (χ1v) is 6.25. The minimum absolute atomic E-state index is 0. The highest BCUT2D eigenvalue weighted by molar-refractivity contribution is 5.85. The molecule has 5 heteroatoms. The van der Waals surface area contributed by atoms with Crippen molar-refractivity contribution in [2.75, 3.05) is 26.7 Å². The summed E-state index contributed by atoms with van der Waals surface area (Å²) in [6, 6.07) is 0.338. The van der Waals surface area contributed by atoms with Crippen LogP contribution in [0.4, 0.5) is 0 Å². The molecule has 2 unspecified atom stereocenters. The number of ether oxygens (including phenoxy) is 1. The summed E-state index contributed by atoms with van der Waals surface area (Å²) in [5.41, 5.74) is 0. The van der Waals surface area contributed by atoms with E-state index in [1.165, 1.54) is 0 Å². The van der Waals surface area contributed by atoms with Crippen LogP contribution in [-0.2, 0) is 9.53 Å². The van der Waals surface area contributed by atoms with Gasteiger partial charge in [-0.05, 0) is 26.3 Å². The summed E-state index contributed by atoms with van der Waals surface area (Å²) in [5, 5.41) is 3.26. The molecule has 0 aliphatic carbocycles. The van der Waals surface area contributed by atoms with Crippen molar-refractivity contribution in [3.8, 4) is 0 Å². The van der Waals surface area contributed by atoms with Crippen molar-refractivity contribution in [3.63, 3.8) is 0 Å². The average molecular weight is 265 g/mol. The normalized spacial score (nSPS) is 20.8. The Morgan fingerprint density at radius 3 is 2.82 bits per heavy atom. The number of carbonyl (C=O) groups is 1. The second kappa shape index (κ2) is 8.72. The minimum Gasteiger partial charge on any atom is -0.369 e. The van der Waals surface area contributed by atoms with Crippen molar-refractivity contribution >= 4 is 18.3 Å². The Balaban J connectivity index is 0.00000256. The summed E-state index contributed by atoms with van der Waals surface area (Å²) in [7, 11) is 1.87. The zero-order chi connectivity index (χ0) is 12.0. The largest absolute Gasteiger partial charge is 0.369 e. The van der Waals surface area contributed by atoms with Crippen LogP contribution < -0.4 is 5.32 Å². The fraction of sp³-hybridized carbons (Fsp3) is 0.917. The van der Waals surface area contributed by atoms with E-state index in [0.29, 0.717) is 12.6 Å². The third-order valence-corrected chi connectivity index (χ3v) is 3.14. The van der Waals surface area contributed by atoms with Crippen molar-refractivity contribution in [2.24, 2.45) is 0 Å². The van der Waals surface area contributed by atoms with E-state index >= 15 is 0 Å². The highest BCUT2D eigenvalue weighted by Crippen LogP contribution is 2.09. The molecule has 4 nitrogen and oxygen atoms in total. The van der Waals surface area contributed by atoms with Gasteiger partial charge in [-0.25, -0.2) is 0 Å². The fourth-order valence-corrected chi connectivity index (χ4v) is 1.91. The summed E-state index contributed by atoms with van der Waals surface area (Å²) in [6.07, 6.45) is 2.86. The number of rotatable bonds is 6. The van der Waals surface area contributed by atoms with Gasteiger partial charge in [0, 0.05) is 26.2 Å². The molecular weight excluding hydrogens is 240 g/mol. The lowest BCUT2D eigenvalue weighted by atomic mass is 10.2. The molecule has 0 saturated carbocycles. The lowest BCUT2D eigenvalue weighted by Crippen LogP contribution is -2.43. The van der Waals surface area contributed by atoms with E-state index < -0.39 is 0 Å². The lowest BCUT2D eigenvalue weighted by Gasteiger charge is -2.26. The predicted octanol–water partition coefficient (Wildman–Crippen LogP) is 1.43. The Hall–Kier alpha value is -0.320. The monoisotopic (exact) mass is 264 g/mol. The molecule has 2 atom stereocenters. The standard InChI is InChI=1S/C12H24N2O2.ClH/c1-4-5-8-16-10(2)12(15)14(3)11-6-7-13-9-11;/h10-11,13H,4-9H2,1-3H3;1H. The molecule has 1 amide bonds. The number of hydrogen-bond acceptors (Lipinski definition) is 3. The van der Waals surface area contributed by atoms with Gasteiger partial charge in [-0.2, -0.15) is 0 Å². The van der Waals surface area contributed by atoms with Gasteiger partial charge in [0.1, 0.15) is 6.10 Å². The van der Waals surface area contributed by atoms with E-state index in [2.05, 4.69) is 12.2 Å². The summed E-state index contributed by atoms with van der Waals surface area (Å²) >= 11 is 0. The van der Waals surface area contributed by atoms with Crippen LogP contribution in [0.5, 0.6) is 0 Å². The molecule has 1 saturated heterocycles. The quantitative estimate of drug-likeness (QED) is 0.738. The van der Waals surface area contributed by atoms with E-state index in [0.717, 1.165) is 32.4 Å². The van der Waals surface area contributed by atoms with Crippen molar-refractivity contribution < 1.29 is 9.53 Å². The number of hydrogen-bond donors (Lipinski definition) is 1. The van der Waals surface area contributed by atoms with Gasteiger partial charge >= 0.3 is 0 Å². The van der Waals surface area contributed by atoms with Gasteiger partial charge in [-0.3, -0.25) is 4.79 Å². The minimum atomic E-state index is -0.308. The third-order valence-electron chi connectivity index (χ3n) is 3.14. The molecule has 0 aromatic carbocycles. The molecule has 1 aliphatic heterocycles. The zero-order valence-electron chi connectivity index (χ0n) is 11.1. The molecule has 0 radical (unpaired) electrons. The van der Waals surface area contributed by atoms with Crippen molar-refractivity contribution in [3.05, 3.63) is 0 Å². The Morgan fingerprint density at radius 2 is 2.29 bits per heavy atom. The van der Waals surface area contributed by atoms with Crippen molar-refractivity contribution in [1.29, 1.82) is 0 Å². The number of likely N-dealkylation sites (N-methyl/N-ethyl adjacent to an activating group) is 1. The van der Waals surface area contributed by atoms with Crippen LogP contribution in [0.2, 0.25) is 0 Å². The first kappa shape index (κ1) is 16.7. The Morgan fingerprint density at radius 1 is 1.59 bits per heavy atom. The maximum atomic E-state index is 12.0. The fourth-order valence-electron chi connectivity index (χ4n) is 1.91. The number of carbonyl (C=O) groups excluding carboxylic acids is 1. The number of amides is 1. The molecule has 0 aromatic heterocycles. The Labute approximate surface area is 110 Å². The predicted molar refractivity (Wildman–Crippen MR) is 71.6 cm³/mol. The first-order valence-electron chi connectivity index (χ1n) is 6.25. The van der Waals surface area contributed by atoms with Crippen LogP contribution in [0, 0.1) is 0 Å². The SMILES string of the molecule is CCCCOC(C)C(=O)N(C)C1CCNC1.Cl. The number of nitrogens with one attached hydrogen (secondary N) is 1. The van der Waals surface area contributed by atoms with E-state index in [-0.39, 0.29) is 24.4 Å². The molecule has 1 aliphatic rings. The van der Waals surface area contributed by atoms with E-state index in [1.807, 2.05) is 18.9 Å². The molecule has 1 N–H and O–H groups in total. The lowest BCUT2D eigenvalue weighted by molar-refractivity contribution is -0.143. The Kier molecular flexibility index (Phi) is 8.56. The summed E-state index contributed by atoms with van der Waals surface area (Å²) in [4.78, 5) is 13.8. The van der Waals surface area contributed by atoms with Gasteiger partial charge in [-0.1, -0.05) is 13.3 Å². The second-order valence-electron chi connectivity index (χ2n) is 4.46. The average Bonchev–Trinajstić information content (AvgIpc) is 2.80.